The first-order chi connectivity index (χ1) is 9.12. The highest BCUT2D eigenvalue weighted by molar-refractivity contribution is 9.10. The van der Waals surface area contributed by atoms with Crippen molar-refractivity contribution in [1.82, 2.24) is 4.98 Å². The summed E-state index contributed by atoms with van der Waals surface area (Å²) in [6.45, 7) is 0. The number of nitrogens with zero attached hydrogens (tertiary/aromatic N) is 3. The van der Waals surface area contributed by atoms with Crippen LogP contribution in [-0.2, 0) is 0 Å². The van der Waals surface area contributed by atoms with Gasteiger partial charge in [0.1, 0.15) is 17.0 Å². The van der Waals surface area contributed by atoms with Crippen molar-refractivity contribution in [2.24, 2.45) is 0 Å². The quantitative estimate of drug-likeness (QED) is 0.844. The smallest absolute Gasteiger partial charge is 0.133 e. The molecule has 92 valence electrons. The van der Waals surface area contributed by atoms with Gasteiger partial charge in [-0.2, -0.15) is 10.5 Å². The van der Waals surface area contributed by atoms with Crippen molar-refractivity contribution in [3.63, 3.8) is 0 Å². The van der Waals surface area contributed by atoms with Gasteiger partial charge in [-0.15, -0.1) is 0 Å². The molecule has 0 unspecified atom stereocenters. The number of aromatic nitrogens is 1. The lowest BCUT2D eigenvalue weighted by atomic mass is 10.2. The summed E-state index contributed by atoms with van der Waals surface area (Å²) in [5.41, 5.74) is 1.47. The van der Waals surface area contributed by atoms with E-state index < -0.39 is 0 Å². The Bertz CT molecular complexity index is 716. The molecule has 2 rings (SSSR count). The maximum Gasteiger partial charge on any atom is 0.133 e. The van der Waals surface area contributed by atoms with Gasteiger partial charge < -0.3 is 5.32 Å². The topological polar surface area (TPSA) is 72.5 Å². The highest BCUT2D eigenvalue weighted by Crippen LogP contribution is 2.24. The maximum atomic E-state index is 9.07. The Morgan fingerprint density at radius 1 is 1.16 bits per heavy atom. The average molecular weight is 334 g/mol. The first-order valence-electron chi connectivity index (χ1n) is 5.17. The Morgan fingerprint density at radius 3 is 2.63 bits per heavy atom. The molecule has 19 heavy (non-hydrogen) atoms. The van der Waals surface area contributed by atoms with Crippen molar-refractivity contribution in [1.29, 1.82) is 10.5 Å². The molecular formula is C13H6BrClN4. The van der Waals surface area contributed by atoms with Crippen LogP contribution in [0, 0.1) is 22.7 Å². The number of hydrogen-bond acceptors (Lipinski definition) is 4. The summed E-state index contributed by atoms with van der Waals surface area (Å²) < 4.78 is 0.811. The minimum atomic E-state index is 0.220. The molecule has 0 atom stereocenters. The van der Waals surface area contributed by atoms with Crippen LogP contribution in [0.2, 0.25) is 5.15 Å². The van der Waals surface area contributed by atoms with E-state index in [0.29, 0.717) is 22.6 Å². The second kappa shape index (κ2) is 5.71. The Hall–Kier alpha value is -2.08. The van der Waals surface area contributed by atoms with E-state index in [1.807, 2.05) is 6.07 Å². The van der Waals surface area contributed by atoms with Gasteiger partial charge >= 0.3 is 0 Å². The summed E-state index contributed by atoms with van der Waals surface area (Å²) in [4.78, 5) is 4.06. The maximum absolute atomic E-state index is 9.07. The van der Waals surface area contributed by atoms with Crippen molar-refractivity contribution >= 4 is 39.0 Å². The van der Waals surface area contributed by atoms with Gasteiger partial charge in [0.2, 0.25) is 0 Å². The van der Waals surface area contributed by atoms with Crippen LogP contribution in [0.25, 0.3) is 0 Å². The summed E-state index contributed by atoms with van der Waals surface area (Å²) in [5, 5.41) is 21.1. The molecule has 6 heteroatoms. The Morgan fingerprint density at radius 2 is 1.95 bits per heavy atom. The predicted octanol–water partition coefficient (Wildman–Crippen LogP) is 3.98. The lowest BCUT2D eigenvalue weighted by molar-refractivity contribution is 1.29. The molecular weight excluding hydrogens is 328 g/mol. The fourth-order valence-electron chi connectivity index (χ4n) is 1.48. The van der Waals surface area contributed by atoms with E-state index in [-0.39, 0.29) is 5.15 Å². The van der Waals surface area contributed by atoms with Gasteiger partial charge in [-0.05, 0) is 30.3 Å². The molecule has 0 radical (unpaired) electrons. The minimum absolute atomic E-state index is 0.220. The average Bonchev–Trinajstić information content (AvgIpc) is 2.40. The molecule has 0 saturated carbocycles. The van der Waals surface area contributed by atoms with Crippen molar-refractivity contribution in [2.75, 3.05) is 5.32 Å². The van der Waals surface area contributed by atoms with Gasteiger partial charge in [0.25, 0.3) is 0 Å². The fraction of sp³-hybridized carbons (Fsp3) is 0. The zero-order valence-corrected chi connectivity index (χ0v) is 11.8. The normalized spacial score (nSPS) is 9.47. The van der Waals surface area contributed by atoms with Crippen LogP contribution in [0.5, 0.6) is 0 Å². The number of pyridine rings is 1. The Labute approximate surface area is 123 Å². The van der Waals surface area contributed by atoms with Gasteiger partial charge in [-0.1, -0.05) is 27.5 Å². The van der Waals surface area contributed by atoms with E-state index in [1.165, 1.54) is 6.07 Å². The molecule has 0 spiro atoms. The molecule has 1 N–H and O–H groups in total. The number of hydrogen-bond donors (Lipinski definition) is 1. The number of halogens is 2. The monoisotopic (exact) mass is 332 g/mol. The largest absolute Gasteiger partial charge is 0.339 e. The zero-order chi connectivity index (χ0) is 13.8. The SMILES string of the molecule is N#Cc1cc(Cl)nc(Nc2ccc(Br)cc2C#N)c1. The minimum Gasteiger partial charge on any atom is -0.339 e. The van der Waals surface area contributed by atoms with Crippen LogP contribution in [0.1, 0.15) is 11.1 Å². The van der Waals surface area contributed by atoms with Crippen molar-refractivity contribution in [3.05, 3.63) is 51.1 Å². The molecule has 0 amide bonds. The summed E-state index contributed by atoms with van der Waals surface area (Å²) in [6.07, 6.45) is 0. The summed E-state index contributed by atoms with van der Waals surface area (Å²) >= 11 is 9.12. The number of nitriles is 2. The number of benzene rings is 1. The van der Waals surface area contributed by atoms with Crippen molar-refractivity contribution < 1.29 is 0 Å². The molecule has 4 nitrogen and oxygen atoms in total. The molecule has 1 aromatic heterocycles. The number of anilines is 2. The van der Waals surface area contributed by atoms with E-state index in [1.54, 1.807) is 24.3 Å². The predicted molar refractivity (Wildman–Crippen MR) is 76.1 cm³/mol. The molecule has 2 aromatic rings. The van der Waals surface area contributed by atoms with Gasteiger partial charge in [0.05, 0.1) is 22.9 Å². The van der Waals surface area contributed by atoms with Crippen LogP contribution >= 0.6 is 27.5 Å². The third-order valence-corrected chi connectivity index (χ3v) is 2.97. The van der Waals surface area contributed by atoms with Crippen molar-refractivity contribution in [2.45, 2.75) is 0 Å². The highest BCUT2D eigenvalue weighted by atomic mass is 79.9. The molecule has 1 heterocycles. The summed E-state index contributed by atoms with van der Waals surface area (Å²) in [5.74, 6) is 0.419. The lowest BCUT2D eigenvalue weighted by Gasteiger charge is -2.08. The molecule has 0 fully saturated rings. The van der Waals surface area contributed by atoms with Gasteiger partial charge in [0.15, 0.2) is 0 Å². The lowest BCUT2D eigenvalue weighted by Crippen LogP contribution is -1.97. The molecule has 0 bridgehead atoms. The van der Waals surface area contributed by atoms with E-state index >= 15 is 0 Å². The van der Waals surface area contributed by atoms with Crippen LogP contribution < -0.4 is 5.32 Å². The van der Waals surface area contributed by atoms with E-state index in [2.05, 4.69) is 32.3 Å². The first kappa shape index (κ1) is 13.4. The summed E-state index contributed by atoms with van der Waals surface area (Å²) in [6, 6.07) is 12.4. The standard InChI is InChI=1S/C13H6BrClN4/c14-10-1-2-11(9(5-10)7-17)18-13-4-8(6-16)3-12(15)19-13/h1-5H,(H,18,19). The van der Waals surface area contributed by atoms with Gasteiger partial charge in [-0.25, -0.2) is 4.98 Å². The fourth-order valence-corrected chi connectivity index (χ4v) is 2.05. The van der Waals surface area contributed by atoms with Gasteiger partial charge in [0, 0.05) is 4.47 Å². The molecule has 0 aliphatic heterocycles. The Kier molecular flexibility index (Phi) is 4.01. The van der Waals surface area contributed by atoms with Crippen molar-refractivity contribution in [3.8, 4) is 12.1 Å². The van der Waals surface area contributed by atoms with Crippen LogP contribution in [0.3, 0.4) is 0 Å². The first-order valence-corrected chi connectivity index (χ1v) is 6.34. The second-order valence-electron chi connectivity index (χ2n) is 3.60. The number of nitrogens with one attached hydrogen (secondary N) is 1. The molecule has 0 aliphatic rings. The van der Waals surface area contributed by atoms with Crippen LogP contribution in [-0.4, -0.2) is 4.98 Å². The number of rotatable bonds is 2. The molecule has 0 aliphatic carbocycles. The highest BCUT2D eigenvalue weighted by Gasteiger charge is 2.06. The van der Waals surface area contributed by atoms with E-state index in [9.17, 15) is 0 Å². The van der Waals surface area contributed by atoms with Crippen LogP contribution in [0.4, 0.5) is 11.5 Å². The summed E-state index contributed by atoms with van der Waals surface area (Å²) in [7, 11) is 0. The molecule has 1 aromatic carbocycles. The zero-order valence-electron chi connectivity index (χ0n) is 9.48. The third-order valence-electron chi connectivity index (χ3n) is 2.29. The Balaban J connectivity index is 2.40. The third kappa shape index (κ3) is 3.23. The molecule has 0 saturated heterocycles. The van der Waals surface area contributed by atoms with E-state index in [4.69, 9.17) is 22.1 Å². The second-order valence-corrected chi connectivity index (χ2v) is 4.91. The van der Waals surface area contributed by atoms with Crippen LogP contribution in [0.15, 0.2) is 34.8 Å². The van der Waals surface area contributed by atoms with Gasteiger partial charge in [-0.3, -0.25) is 0 Å². The van der Waals surface area contributed by atoms with E-state index in [0.717, 1.165) is 4.47 Å².